The van der Waals surface area contributed by atoms with Gasteiger partial charge in [0.25, 0.3) is 5.69 Å². The van der Waals surface area contributed by atoms with Crippen molar-refractivity contribution < 1.29 is 19.2 Å². The fourth-order valence-corrected chi connectivity index (χ4v) is 2.46. The van der Waals surface area contributed by atoms with Gasteiger partial charge in [-0.15, -0.1) is 0 Å². The minimum Gasteiger partial charge on any atom is -0.495 e. The minimum absolute atomic E-state index is 0.0488. The van der Waals surface area contributed by atoms with Crippen LogP contribution in [0.1, 0.15) is 16.8 Å². The van der Waals surface area contributed by atoms with Crippen LogP contribution in [0.2, 0.25) is 5.02 Å². The first-order valence-electron chi connectivity index (χ1n) is 7.39. The Morgan fingerprint density at radius 3 is 2.36 bits per heavy atom. The Labute approximate surface area is 149 Å². The van der Waals surface area contributed by atoms with Crippen molar-refractivity contribution in [1.29, 1.82) is 0 Å². The number of rotatable bonds is 8. The van der Waals surface area contributed by atoms with Gasteiger partial charge in [0.05, 0.1) is 29.9 Å². The lowest BCUT2D eigenvalue weighted by atomic mass is 10.1. The van der Waals surface area contributed by atoms with Crippen LogP contribution < -0.4 is 14.8 Å². The molecule has 0 aliphatic heterocycles. The molecule has 0 unspecified atom stereocenters. The normalized spacial score (nSPS) is 10.2. The Balaban J connectivity index is 1.99. The van der Waals surface area contributed by atoms with Crippen LogP contribution >= 0.6 is 11.6 Å². The number of nitro benzene ring substituents is 1. The molecule has 0 aliphatic rings. The van der Waals surface area contributed by atoms with E-state index in [0.717, 1.165) is 0 Å². The fourth-order valence-electron chi connectivity index (χ4n) is 2.22. The first-order valence-corrected chi connectivity index (χ1v) is 7.77. The second kappa shape index (κ2) is 8.34. The maximum atomic E-state index is 12.2. The third-order valence-corrected chi connectivity index (χ3v) is 3.84. The van der Waals surface area contributed by atoms with Crippen LogP contribution in [-0.2, 0) is 0 Å². The van der Waals surface area contributed by atoms with E-state index in [1.165, 1.54) is 38.5 Å². The van der Waals surface area contributed by atoms with E-state index < -0.39 is 4.92 Å². The second-order valence-electron chi connectivity index (χ2n) is 5.09. The van der Waals surface area contributed by atoms with Crippen molar-refractivity contribution >= 4 is 28.8 Å². The van der Waals surface area contributed by atoms with E-state index in [9.17, 15) is 14.9 Å². The molecule has 0 aliphatic carbocycles. The SMILES string of the molecule is COc1cc(OC)c(NCCC(=O)c2ccc([N+](=O)[O-])cc2)cc1Cl. The molecule has 0 amide bonds. The number of non-ortho nitro benzene ring substituents is 1. The van der Waals surface area contributed by atoms with Crippen molar-refractivity contribution in [2.24, 2.45) is 0 Å². The summed E-state index contributed by atoms with van der Waals surface area (Å²) in [4.78, 5) is 22.3. The summed E-state index contributed by atoms with van der Waals surface area (Å²) in [6, 6.07) is 8.84. The number of nitrogens with zero attached hydrogens (tertiary/aromatic N) is 1. The third kappa shape index (κ3) is 4.60. The highest BCUT2D eigenvalue weighted by Gasteiger charge is 2.12. The monoisotopic (exact) mass is 364 g/mol. The van der Waals surface area contributed by atoms with Gasteiger partial charge in [-0.3, -0.25) is 14.9 Å². The first-order chi connectivity index (χ1) is 12.0. The number of anilines is 1. The predicted molar refractivity (Wildman–Crippen MR) is 95.1 cm³/mol. The smallest absolute Gasteiger partial charge is 0.269 e. The van der Waals surface area contributed by atoms with Crippen molar-refractivity contribution in [1.82, 2.24) is 0 Å². The van der Waals surface area contributed by atoms with E-state index in [1.807, 2.05) is 0 Å². The molecule has 0 fully saturated rings. The van der Waals surface area contributed by atoms with Crippen molar-refractivity contribution in [3.8, 4) is 11.5 Å². The van der Waals surface area contributed by atoms with Gasteiger partial charge < -0.3 is 14.8 Å². The Morgan fingerprint density at radius 2 is 1.80 bits per heavy atom. The Kier molecular flexibility index (Phi) is 6.19. The summed E-state index contributed by atoms with van der Waals surface area (Å²) in [6.45, 7) is 0.356. The van der Waals surface area contributed by atoms with E-state index in [1.54, 1.807) is 12.1 Å². The third-order valence-electron chi connectivity index (χ3n) is 3.54. The van der Waals surface area contributed by atoms with Crippen LogP contribution in [0.3, 0.4) is 0 Å². The number of carbonyl (C=O) groups is 1. The number of Topliss-reactive ketones (excluding diaryl/α,β-unsaturated/α-hetero) is 1. The first kappa shape index (κ1) is 18.5. The molecule has 2 rings (SSSR count). The van der Waals surface area contributed by atoms with Crippen molar-refractivity contribution in [3.63, 3.8) is 0 Å². The standard InChI is InChI=1S/C17H17ClN2O5/c1-24-16-10-17(25-2)14(9-13(16)18)19-8-7-15(21)11-3-5-12(6-4-11)20(22)23/h3-6,9-10,19H,7-8H2,1-2H3. The van der Waals surface area contributed by atoms with Crippen LogP contribution in [0.25, 0.3) is 0 Å². The van der Waals surface area contributed by atoms with Crippen LogP contribution in [0.4, 0.5) is 11.4 Å². The summed E-state index contributed by atoms with van der Waals surface area (Å²) in [7, 11) is 3.03. The molecule has 1 N–H and O–H groups in total. The van der Waals surface area contributed by atoms with Crippen LogP contribution in [0.5, 0.6) is 11.5 Å². The maximum absolute atomic E-state index is 12.2. The number of benzene rings is 2. The number of halogens is 1. The molecule has 0 aromatic heterocycles. The molecule has 0 bridgehead atoms. The molecule has 25 heavy (non-hydrogen) atoms. The lowest BCUT2D eigenvalue weighted by Crippen LogP contribution is -2.09. The predicted octanol–water partition coefficient (Wildman–Crippen LogP) is 3.95. The van der Waals surface area contributed by atoms with E-state index in [4.69, 9.17) is 21.1 Å². The molecule has 0 heterocycles. The summed E-state index contributed by atoms with van der Waals surface area (Å²) in [6.07, 6.45) is 0.213. The Hall–Kier alpha value is -2.80. The average molecular weight is 365 g/mol. The summed E-state index contributed by atoms with van der Waals surface area (Å²) in [5.41, 5.74) is 1.02. The molecule has 0 saturated heterocycles. The number of ketones is 1. The van der Waals surface area contributed by atoms with Crippen molar-refractivity contribution in [2.45, 2.75) is 6.42 Å². The molecule has 2 aromatic rings. The highest BCUT2D eigenvalue weighted by atomic mass is 35.5. The van der Waals surface area contributed by atoms with Gasteiger partial charge in [-0.1, -0.05) is 11.6 Å². The zero-order valence-corrected chi connectivity index (χ0v) is 14.5. The van der Waals surface area contributed by atoms with E-state index in [0.29, 0.717) is 34.3 Å². The number of ether oxygens (including phenoxy) is 2. The topological polar surface area (TPSA) is 90.7 Å². The number of nitro groups is 1. The maximum Gasteiger partial charge on any atom is 0.269 e. The fraction of sp³-hybridized carbons (Fsp3) is 0.235. The van der Waals surface area contributed by atoms with Crippen LogP contribution in [-0.4, -0.2) is 31.5 Å². The summed E-state index contributed by atoms with van der Waals surface area (Å²) < 4.78 is 10.4. The molecule has 0 radical (unpaired) electrons. The number of carbonyl (C=O) groups excluding carboxylic acids is 1. The van der Waals surface area contributed by atoms with Crippen molar-refractivity contribution in [3.05, 3.63) is 57.1 Å². The van der Waals surface area contributed by atoms with E-state index >= 15 is 0 Å². The van der Waals surface area contributed by atoms with Crippen LogP contribution in [0.15, 0.2) is 36.4 Å². The summed E-state index contributed by atoms with van der Waals surface area (Å²) in [5, 5.41) is 14.1. The number of hydrogen-bond acceptors (Lipinski definition) is 6. The van der Waals surface area contributed by atoms with Gasteiger partial charge in [-0.25, -0.2) is 0 Å². The number of hydrogen-bond donors (Lipinski definition) is 1. The van der Waals surface area contributed by atoms with Gasteiger partial charge in [-0.2, -0.15) is 0 Å². The van der Waals surface area contributed by atoms with Crippen molar-refractivity contribution in [2.75, 3.05) is 26.1 Å². The highest BCUT2D eigenvalue weighted by Crippen LogP contribution is 2.35. The summed E-state index contributed by atoms with van der Waals surface area (Å²) in [5.74, 6) is 0.913. The zero-order chi connectivity index (χ0) is 18.4. The molecule has 132 valence electrons. The molecule has 8 heteroatoms. The molecular formula is C17H17ClN2O5. The van der Waals surface area contributed by atoms with Gasteiger partial charge >= 0.3 is 0 Å². The number of nitrogens with one attached hydrogen (secondary N) is 1. The van der Waals surface area contributed by atoms with Gasteiger partial charge in [0.2, 0.25) is 0 Å². The minimum atomic E-state index is -0.504. The molecule has 0 atom stereocenters. The summed E-state index contributed by atoms with van der Waals surface area (Å²) >= 11 is 6.09. The number of methoxy groups -OCH3 is 2. The van der Waals surface area contributed by atoms with Gasteiger partial charge in [0.15, 0.2) is 5.78 Å². The van der Waals surface area contributed by atoms with Gasteiger partial charge in [0.1, 0.15) is 11.5 Å². The molecule has 0 spiro atoms. The largest absolute Gasteiger partial charge is 0.495 e. The van der Waals surface area contributed by atoms with E-state index in [-0.39, 0.29) is 17.9 Å². The van der Waals surface area contributed by atoms with Gasteiger partial charge in [-0.05, 0) is 18.2 Å². The lowest BCUT2D eigenvalue weighted by Gasteiger charge is -2.13. The average Bonchev–Trinajstić information content (AvgIpc) is 2.61. The van der Waals surface area contributed by atoms with E-state index in [2.05, 4.69) is 5.32 Å². The van der Waals surface area contributed by atoms with Gasteiger partial charge in [0, 0.05) is 36.7 Å². The lowest BCUT2D eigenvalue weighted by molar-refractivity contribution is -0.384. The molecule has 7 nitrogen and oxygen atoms in total. The highest BCUT2D eigenvalue weighted by molar-refractivity contribution is 6.32. The Bertz CT molecular complexity index is 777. The van der Waals surface area contributed by atoms with Crippen LogP contribution in [0, 0.1) is 10.1 Å². The quantitative estimate of drug-likeness (QED) is 0.433. The second-order valence-corrected chi connectivity index (χ2v) is 5.50. The zero-order valence-electron chi connectivity index (χ0n) is 13.7. The molecular weight excluding hydrogens is 348 g/mol. The Morgan fingerprint density at radius 1 is 1.16 bits per heavy atom. The molecule has 2 aromatic carbocycles. The molecule has 0 saturated carbocycles.